The van der Waals surface area contributed by atoms with Crippen LogP contribution < -0.4 is 16.4 Å². The Hall–Kier alpha value is -3.59. The van der Waals surface area contributed by atoms with Crippen LogP contribution in [0.1, 0.15) is 50.4 Å². The Morgan fingerprint density at radius 2 is 1.82 bits per heavy atom. The van der Waals surface area contributed by atoms with Crippen LogP contribution in [0.2, 0.25) is 0 Å². The minimum atomic E-state index is -0.842. The van der Waals surface area contributed by atoms with Gasteiger partial charge in [-0.1, -0.05) is 12.1 Å². The Balaban J connectivity index is 2.30. The molecule has 0 heterocycles. The van der Waals surface area contributed by atoms with Crippen LogP contribution in [0.25, 0.3) is 11.1 Å². The molecular formula is C25H33N3O6. The number of alkyl carbamates (subject to hydrolysis) is 1. The summed E-state index contributed by atoms with van der Waals surface area (Å²) in [6.07, 6.45) is 1.03. The number of rotatable bonds is 9. The van der Waals surface area contributed by atoms with E-state index < -0.39 is 29.6 Å². The van der Waals surface area contributed by atoms with Gasteiger partial charge in [0.25, 0.3) is 0 Å². The zero-order chi connectivity index (χ0) is 25.3. The molecule has 184 valence electrons. The molecule has 2 amide bonds. The zero-order valence-corrected chi connectivity index (χ0v) is 20.0. The number of anilines is 1. The fourth-order valence-electron chi connectivity index (χ4n) is 3.26. The molecule has 0 saturated heterocycles. The van der Waals surface area contributed by atoms with E-state index >= 15 is 0 Å². The van der Waals surface area contributed by atoms with E-state index in [0.29, 0.717) is 42.6 Å². The second-order valence-electron chi connectivity index (χ2n) is 8.77. The first-order valence-corrected chi connectivity index (χ1v) is 11.1. The van der Waals surface area contributed by atoms with E-state index in [1.807, 2.05) is 0 Å². The summed E-state index contributed by atoms with van der Waals surface area (Å²) < 4.78 is 10.2. The first-order valence-electron chi connectivity index (χ1n) is 11.1. The second kappa shape index (κ2) is 12.0. The number of phenols is 1. The third-order valence-electron chi connectivity index (χ3n) is 4.80. The van der Waals surface area contributed by atoms with E-state index in [2.05, 4.69) is 10.6 Å². The molecule has 34 heavy (non-hydrogen) atoms. The summed E-state index contributed by atoms with van der Waals surface area (Å²) in [6.45, 7) is 5.69. The van der Waals surface area contributed by atoms with Crippen molar-refractivity contribution in [2.75, 3.05) is 19.0 Å². The van der Waals surface area contributed by atoms with Gasteiger partial charge in [0.1, 0.15) is 17.4 Å². The third-order valence-corrected chi connectivity index (χ3v) is 4.80. The summed E-state index contributed by atoms with van der Waals surface area (Å²) in [5.74, 6) is -0.956. The maximum atomic E-state index is 13.0. The predicted octanol–water partition coefficient (Wildman–Crippen LogP) is 3.81. The lowest BCUT2D eigenvalue weighted by atomic mass is 9.98. The number of phenolic OH excluding ortho intramolecular Hbond substituents is 1. The van der Waals surface area contributed by atoms with Crippen molar-refractivity contribution in [1.82, 2.24) is 5.32 Å². The van der Waals surface area contributed by atoms with Crippen molar-refractivity contribution in [2.24, 2.45) is 5.73 Å². The van der Waals surface area contributed by atoms with Crippen molar-refractivity contribution in [2.45, 2.75) is 51.7 Å². The summed E-state index contributed by atoms with van der Waals surface area (Å²) in [7, 11) is 1.28. The lowest BCUT2D eigenvalue weighted by Crippen LogP contribution is -2.45. The smallest absolute Gasteiger partial charge is 0.408 e. The fraction of sp³-hybridized carbons (Fsp3) is 0.400. The lowest BCUT2D eigenvalue weighted by molar-refractivity contribution is -0.118. The topological polar surface area (TPSA) is 140 Å². The van der Waals surface area contributed by atoms with Crippen molar-refractivity contribution < 1.29 is 29.0 Å². The van der Waals surface area contributed by atoms with E-state index in [1.165, 1.54) is 25.3 Å². The summed E-state index contributed by atoms with van der Waals surface area (Å²) in [4.78, 5) is 37.6. The highest BCUT2D eigenvalue weighted by Crippen LogP contribution is 2.30. The molecule has 0 spiro atoms. The fourth-order valence-corrected chi connectivity index (χ4v) is 3.26. The highest BCUT2D eigenvalue weighted by Gasteiger charge is 2.25. The van der Waals surface area contributed by atoms with Crippen LogP contribution >= 0.6 is 0 Å². The maximum absolute atomic E-state index is 13.0. The van der Waals surface area contributed by atoms with Gasteiger partial charge in [-0.3, -0.25) is 4.79 Å². The number of nitrogens with one attached hydrogen (secondary N) is 2. The molecule has 9 heteroatoms. The van der Waals surface area contributed by atoms with Gasteiger partial charge in [0.05, 0.1) is 12.7 Å². The minimum absolute atomic E-state index is 0.0317. The van der Waals surface area contributed by atoms with E-state index in [0.717, 1.165) is 0 Å². The van der Waals surface area contributed by atoms with Crippen molar-refractivity contribution in [1.29, 1.82) is 0 Å². The largest absolute Gasteiger partial charge is 0.508 e. The van der Waals surface area contributed by atoms with Gasteiger partial charge in [0.2, 0.25) is 5.91 Å². The Labute approximate surface area is 199 Å². The number of ether oxygens (including phenoxy) is 2. The third kappa shape index (κ3) is 8.08. The normalized spacial score (nSPS) is 11.9. The van der Waals surface area contributed by atoms with Crippen LogP contribution in [-0.2, 0) is 14.3 Å². The molecular weight excluding hydrogens is 438 g/mol. The Bertz CT molecular complexity index is 1020. The zero-order valence-electron chi connectivity index (χ0n) is 20.0. The highest BCUT2D eigenvalue weighted by molar-refractivity contribution is 6.01. The number of carbonyl (C=O) groups excluding carboxylic acids is 3. The molecule has 0 radical (unpaired) electrons. The van der Waals surface area contributed by atoms with Crippen LogP contribution in [0.5, 0.6) is 5.75 Å². The number of benzene rings is 2. The van der Waals surface area contributed by atoms with Gasteiger partial charge in [-0.15, -0.1) is 0 Å². The number of nitrogens with two attached hydrogens (primary N) is 1. The van der Waals surface area contributed by atoms with Crippen LogP contribution in [0.4, 0.5) is 10.5 Å². The van der Waals surface area contributed by atoms with Gasteiger partial charge in [0.15, 0.2) is 0 Å². The van der Waals surface area contributed by atoms with E-state index in [4.69, 9.17) is 15.2 Å². The first kappa shape index (κ1) is 26.7. The van der Waals surface area contributed by atoms with E-state index in [1.54, 1.807) is 45.0 Å². The Kier molecular flexibility index (Phi) is 9.44. The standard InChI is InChI=1S/C25H33N3O6/c1-25(2,3)34-24(32)28-21(10-5-6-13-26)22(30)27-17-11-12-19(23(31)33-4)20(15-17)16-8-7-9-18(29)14-16/h7-9,11-12,14-15,21,29H,5-6,10,13,26H2,1-4H3,(H,27,30)(H,28,32)/t21-/m1/s1. The Morgan fingerprint density at radius 3 is 2.44 bits per heavy atom. The van der Waals surface area contributed by atoms with Crippen molar-refractivity contribution in [3.8, 4) is 16.9 Å². The number of hydrogen-bond donors (Lipinski definition) is 4. The monoisotopic (exact) mass is 471 g/mol. The molecule has 5 N–H and O–H groups in total. The minimum Gasteiger partial charge on any atom is -0.508 e. The lowest BCUT2D eigenvalue weighted by Gasteiger charge is -2.23. The molecule has 0 unspecified atom stereocenters. The van der Waals surface area contributed by atoms with Gasteiger partial charge in [0, 0.05) is 5.69 Å². The summed E-state index contributed by atoms with van der Waals surface area (Å²) in [6, 6.07) is 10.3. The summed E-state index contributed by atoms with van der Waals surface area (Å²) >= 11 is 0. The summed E-state index contributed by atoms with van der Waals surface area (Å²) in [5, 5.41) is 15.3. The molecule has 0 aliphatic rings. The number of esters is 1. The van der Waals surface area contributed by atoms with E-state index in [-0.39, 0.29) is 11.3 Å². The number of carbonyl (C=O) groups is 3. The van der Waals surface area contributed by atoms with Crippen LogP contribution in [0.15, 0.2) is 42.5 Å². The van der Waals surface area contributed by atoms with E-state index in [9.17, 15) is 19.5 Å². The SMILES string of the molecule is COC(=O)c1ccc(NC(=O)[C@@H](CCCCN)NC(=O)OC(C)(C)C)cc1-c1cccc(O)c1. The van der Waals surface area contributed by atoms with Crippen LogP contribution in [-0.4, -0.2) is 48.4 Å². The molecule has 0 fully saturated rings. The average molecular weight is 472 g/mol. The number of hydrogen-bond acceptors (Lipinski definition) is 7. The van der Waals surface area contributed by atoms with Crippen molar-refractivity contribution >= 4 is 23.7 Å². The number of unbranched alkanes of at least 4 members (excludes halogenated alkanes) is 1. The molecule has 1 atom stereocenters. The molecule has 0 aliphatic heterocycles. The average Bonchev–Trinajstić information content (AvgIpc) is 2.76. The number of aromatic hydroxyl groups is 1. The van der Waals surface area contributed by atoms with Gasteiger partial charge in [-0.2, -0.15) is 0 Å². The second-order valence-corrected chi connectivity index (χ2v) is 8.77. The molecule has 0 aromatic heterocycles. The highest BCUT2D eigenvalue weighted by atomic mass is 16.6. The quantitative estimate of drug-likeness (QED) is 0.322. The predicted molar refractivity (Wildman–Crippen MR) is 130 cm³/mol. The molecule has 0 saturated carbocycles. The Morgan fingerprint density at radius 1 is 1.09 bits per heavy atom. The van der Waals surface area contributed by atoms with Gasteiger partial charge < -0.3 is 30.9 Å². The van der Waals surface area contributed by atoms with Crippen LogP contribution in [0.3, 0.4) is 0 Å². The molecule has 0 aliphatic carbocycles. The van der Waals surface area contributed by atoms with Crippen molar-refractivity contribution in [3.63, 3.8) is 0 Å². The van der Waals surface area contributed by atoms with Gasteiger partial charge in [-0.25, -0.2) is 9.59 Å². The summed E-state index contributed by atoms with van der Waals surface area (Å²) in [5.41, 5.74) is 6.59. The molecule has 9 nitrogen and oxygen atoms in total. The molecule has 2 aromatic rings. The first-order chi connectivity index (χ1) is 16.0. The molecule has 0 bridgehead atoms. The van der Waals surface area contributed by atoms with Gasteiger partial charge >= 0.3 is 12.1 Å². The molecule has 2 rings (SSSR count). The van der Waals surface area contributed by atoms with Crippen molar-refractivity contribution in [3.05, 3.63) is 48.0 Å². The number of amides is 2. The van der Waals surface area contributed by atoms with Gasteiger partial charge in [-0.05, 0) is 88.0 Å². The number of methoxy groups -OCH3 is 1. The molecule has 2 aromatic carbocycles. The maximum Gasteiger partial charge on any atom is 0.408 e. The van der Waals surface area contributed by atoms with Crippen LogP contribution in [0, 0.1) is 0 Å².